The van der Waals surface area contributed by atoms with Gasteiger partial charge >= 0.3 is 0 Å². The summed E-state index contributed by atoms with van der Waals surface area (Å²) in [6.45, 7) is 2.05. The van der Waals surface area contributed by atoms with Gasteiger partial charge in [-0.2, -0.15) is 4.31 Å². The van der Waals surface area contributed by atoms with Crippen molar-refractivity contribution in [1.82, 2.24) is 9.21 Å². The summed E-state index contributed by atoms with van der Waals surface area (Å²) in [4.78, 5) is 25.0. The van der Waals surface area contributed by atoms with Gasteiger partial charge in [0.1, 0.15) is 0 Å². The van der Waals surface area contributed by atoms with Crippen LogP contribution in [0, 0.1) is 16.0 Å². The molecule has 2 fully saturated rings. The molecule has 0 radical (unpaired) electrons. The molecule has 0 bridgehead atoms. The van der Waals surface area contributed by atoms with Gasteiger partial charge in [0.05, 0.1) is 15.7 Å². The van der Waals surface area contributed by atoms with Gasteiger partial charge in [-0.3, -0.25) is 14.9 Å². The third-order valence-corrected chi connectivity index (χ3v) is 7.22. The van der Waals surface area contributed by atoms with Crippen molar-refractivity contribution in [1.29, 1.82) is 0 Å². The first-order valence-corrected chi connectivity index (χ1v) is 10.9. The first-order valence-electron chi connectivity index (χ1n) is 9.43. The monoisotopic (exact) mass is 395 g/mol. The summed E-state index contributed by atoms with van der Waals surface area (Å²) in [6.07, 6.45) is 5.61. The highest BCUT2D eigenvalue weighted by Crippen LogP contribution is 2.26. The van der Waals surface area contributed by atoms with E-state index in [1.165, 1.54) is 28.6 Å². The SMILES string of the molecule is O=C([C@H]1CCCN(S(=O)(=O)c2ccc([N+](=O)[O-])cc2)C1)N1CCCCCC1. The summed E-state index contributed by atoms with van der Waals surface area (Å²) in [7, 11) is -3.77. The molecule has 148 valence electrons. The Morgan fingerprint density at radius 2 is 1.63 bits per heavy atom. The molecule has 9 heteroatoms. The molecule has 1 aromatic rings. The summed E-state index contributed by atoms with van der Waals surface area (Å²) >= 11 is 0. The molecule has 0 aliphatic carbocycles. The lowest BCUT2D eigenvalue weighted by atomic mass is 9.98. The zero-order chi connectivity index (χ0) is 19.4. The highest BCUT2D eigenvalue weighted by Gasteiger charge is 2.35. The van der Waals surface area contributed by atoms with E-state index in [9.17, 15) is 23.3 Å². The Balaban J connectivity index is 1.72. The van der Waals surface area contributed by atoms with Crippen molar-refractivity contribution in [3.8, 4) is 0 Å². The highest BCUT2D eigenvalue weighted by atomic mass is 32.2. The number of non-ortho nitro benzene ring substituents is 1. The Kier molecular flexibility index (Phi) is 6.11. The normalized spacial score (nSPS) is 22.2. The Hall–Kier alpha value is -2.00. The van der Waals surface area contributed by atoms with E-state index in [0.29, 0.717) is 19.4 Å². The smallest absolute Gasteiger partial charge is 0.269 e. The molecule has 3 rings (SSSR count). The van der Waals surface area contributed by atoms with Gasteiger partial charge in [-0.15, -0.1) is 0 Å². The second kappa shape index (κ2) is 8.35. The number of rotatable bonds is 4. The molecule has 0 unspecified atom stereocenters. The first kappa shape index (κ1) is 19.8. The average molecular weight is 395 g/mol. The van der Waals surface area contributed by atoms with Gasteiger partial charge in [-0.25, -0.2) is 8.42 Å². The largest absolute Gasteiger partial charge is 0.342 e. The zero-order valence-electron chi connectivity index (χ0n) is 15.2. The molecule has 0 N–H and O–H groups in total. The maximum atomic E-state index is 12.9. The summed E-state index contributed by atoms with van der Waals surface area (Å²) in [5.41, 5.74) is -0.151. The third kappa shape index (κ3) is 4.47. The molecular formula is C18H25N3O5S. The second-order valence-electron chi connectivity index (χ2n) is 7.19. The van der Waals surface area contributed by atoms with Crippen molar-refractivity contribution in [3.63, 3.8) is 0 Å². The number of piperidine rings is 1. The number of likely N-dealkylation sites (tertiary alicyclic amines) is 1. The average Bonchev–Trinajstić information content (AvgIpc) is 2.97. The highest BCUT2D eigenvalue weighted by molar-refractivity contribution is 7.89. The van der Waals surface area contributed by atoms with Crippen LogP contribution in [0.25, 0.3) is 0 Å². The Bertz CT molecular complexity index is 786. The van der Waals surface area contributed by atoms with E-state index in [-0.39, 0.29) is 29.0 Å². The zero-order valence-corrected chi connectivity index (χ0v) is 16.1. The molecule has 8 nitrogen and oxygen atoms in total. The maximum Gasteiger partial charge on any atom is 0.269 e. The van der Waals surface area contributed by atoms with Crippen LogP contribution in [0.3, 0.4) is 0 Å². The van der Waals surface area contributed by atoms with Gasteiger partial charge in [-0.1, -0.05) is 12.8 Å². The molecule has 2 heterocycles. The van der Waals surface area contributed by atoms with Crippen molar-refractivity contribution in [2.24, 2.45) is 5.92 Å². The molecule has 1 amide bonds. The minimum absolute atomic E-state index is 0.0240. The Labute approximate surface area is 159 Å². The minimum Gasteiger partial charge on any atom is -0.342 e. The number of hydrogen-bond donors (Lipinski definition) is 0. The van der Waals surface area contributed by atoms with Gasteiger partial charge in [0.2, 0.25) is 15.9 Å². The topological polar surface area (TPSA) is 101 Å². The van der Waals surface area contributed by atoms with Crippen molar-refractivity contribution >= 4 is 21.6 Å². The van der Waals surface area contributed by atoms with E-state index >= 15 is 0 Å². The van der Waals surface area contributed by atoms with Gasteiger partial charge in [0, 0.05) is 38.3 Å². The lowest BCUT2D eigenvalue weighted by Gasteiger charge is -2.34. The molecular weight excluding hydrogens is 370 g/mol. The van der Waals surface area contributed by atoms with Crippen LogP contribution in [0.15, 0.2) is 29.2 Å². The van der Waals surface area contributed by atoms with Crippen molar-refractivity contribution < 1.29 is 18.1 Å². The molecule has 0 aromatic heterocycles. The standard InChI is InChI=1S/C18H25N3O5S/c22-18(19-11-3-1-2-4-12-19)15-6-5-13-20(14-15)27(25,26)17-9-7-16(8-10-17)21(23)24/h7-10,15H,1-6,11-14H2/t15-/m0/s1. The fourth-order valence-electron chi connectivity index (χ4n) is 3.80. The second-order valence-corrected chi connectivity index (χ2v) is 9.13. The van der Waals surface area contributed by atoms with Crippen LogP contribution in [0.5, 0.6) is 0 Å². The van der Waals surface area contributed by atoms with Crippen LogP contribution in [0.4, 0.5) is 5.69 Å². The Morgan fingerprint density at radius 3 is 2.22 bits per heavy atom. The molecule has 0 spiro atoms. The first-order chi connectivity index (χ1) is 12.9. The van der Waals surface area contributed by atoms with Gasteiger partial charge in [-0.05, 0) is 37.8 Å². The quantitative estimate of drug-likeness (QED) is 0.575. The molecule has 27 heavy (non-hydrogen) atoms. The number of hydrogen-bond acceptors (Lipinski definition) is 5. The van der Waals surface area contributed by atoms with Gasteiger partial charge in [0.25, 0.3) is 5.69 Å². The summed E-state index contributed by atoms with van der Waals surface area (Å²) in [5.74, 6) is -0.259. The van der Waals surface area contributed by atoms with E-state index in [0.717, 1.165) is 38.8 Å². The number of carbonyl (C=O) groups is 1. The predicted octanol–water partition coefficient (Wildman–Crippen LogP) is 2.40. The van der Waals surface area contributed by atoms with Crippen molar-refractivity contribution in [2.45, 2.75) is 43.4 Å². The van der Waals surface area contributed by atoms with Crippen LogP contribution in [0.1, 0.15) is 38.5 Å². The van der Waals surface area contributed by atoms with Crippen LogP contribution in [0.2, 0.25) is 0 Å². The van der Waals surface area contributed by atoms with Crippen LogP contribution in [-0.2, 0) is 14.8 Å². The number of amides is 1. The number of nitro benzene ring substituents is 1. The molecule has 2 saturated heterocycles. The predicted molar refractivity (Wildman–Crippen MR) is 99.6 cm³/mol. The lowest BCUT2D eigenvalue weighted by molar-refractivity contribution is -0.384. The van der Waals surface area contributed by atoms with Crippen molar-refractivity contribution in [2.75, 3.05) is 26.2 Å². The van der Waals surface area contributed by atoms with E-state index in [1.807, 2.05) is 4.90 Å². The molecule has 2 aliphatic rings. The molecule has 2 aliphatic heterocycles. The molecule has 0 saturated carbocycles. The number of nitrogens with zero attached hydrogens (tertiary/aromatic N) is 3. The minimum atomic E-state index is -3.77. The number of carbonyl (C=O) groups excluding carboxylic acids is 1. The van der Waals surface area contributed by atoms with Gasteiger partial charge in [0.15, 0.2) is 0 Å². The van der Waals surface area contributed by atoms with E-state index in [2.05, 4.69) is 0 Å². The van der Waals surface area contributed by atoms with E-state index in [1.54, 1.807) is 0 Å². The van der Waals surface area contributed by atoms with Crippen molar-refractivity contribution in [3.05, 3.63) is 34.4 Å². The fourth-order valence-corrected chi connectivity index (χ4v) is 5.32. The van der Waals surface area contributed by atoms with Crippen LogP contribution >= 0.6 is 0 Å². The fraction of sp³-hybridized carbons (Fsp3) is 0.611. The summed E-state index contributed by atoms with van der Waals surface area (Å²) in [6, 6.07) is 4.90. The van der Waals surface area contributed by atoms with E-state index < -0.39 is 14.9 Å². The third-order valence-electron chi connectivity index (χ3n) is 5.34. The summed E-state index contributed by atoms with van der Waals surface area (Å²) < 4.78 is 27.1. The van der Waals surface area contributed by atoms with Crippen LogP contribution < -0.4 is 0 Å². The Morgan fingerprint density at radius 1 is 1.00 bits per heavy atom. The van der Waals surface area contributed by atoms with Gasteiger partial charge < -0.3 is 4.90 Å². The van der Waals surface area contributed by atoms with Crippen LogP contribution in [-0.4, -0.2) is 54.6 Å². The molecule has 1 aromatic carbocycles. The number of nitro groups is 1. The lowest BCUT2D eigenvalue weighted by Crippen LogP contribution is -2.46. The van der Waals surface area contributed by atoms with E-state index in [4.69, 9.17) is 0 Å². The summed E-state index contributed by atoms with van der Waals surface area (Å²) in [5, 5.41) is 10.8. The molecule has 1 atom stereocenters. The maximum absolute atomic E-state index is 12.9. The number of sulfonamides is 1. The number of benzene rings is 1.